The van der Waals surface area contributed by atoms with E-state index in [0.29, 0.717) is 33.4 Å². The highest BCUT2D eigenvalue weighted by molar-refractivity contribution is 7.90. The van der Waals surface area contributed by atoms with Gasteiger partial charge in [-0.05, 0) is 78.9 Å². The van der Waals surface area contributed by atoms with Gasteiger partial charge in [0.25, 0.3) is 5.56 Å². The van der Waals surface area contributed by atoms with Crippen LogP contribution in [0.1, 0.15) is 5.56 Å². The fraction of sp³-hybridized carbons (Fsp3) is 0.111. The minimum Gasteiger partial charge on any atom is -0.495 e. The molecule has 8 heteroatoms. The number of benzene rings is 3. The second-order valence-electron chi connectivity index (χ2n) is 8.04. The fourth-order valence-electron chi connectivity index (χ4n) is 3.95. The van der Waals surface area contributed by atoms with E-state index in [0.717, 1.165) is 22.9 Å². The van der Waals surface area contributed by atoms with Crippen LogP contribution < -0.4 is 10.3 Å². The molecule has 4 aromatic rings. The maximum absolute atomic E-state index is 13.1. The van der Waals surface area contributed by atoms with Crippen molar-refractivity contribution in [2.75, 3.05) is 13.4 Å². The summed E-state index contributed by atoms with van der Waals surface area (Å²) < 4.78 is 30.7. The summed E-state index contributed by atoms with van der Waals surface area (Å²) in [6.07, 6.45) is 1.14. The van der Waals surface area contributed by atoms with Gasteiger partial charge in [0, 0.05) is 23.6 Å². The number of hydrogen-bond acceptors (Lipinski definition) is 5. The summed E-state index contributed by atoms with van der Waals surface area (Å²) in [6, 6.07) is 20.7. The monoisotopic (exact) mass is 506 g/mol. The van der Waals surface area contributed by atoms with E-state index in [1.165, 1.54) is 18.2 Å². The second-order valence-corrected chi connectivity index (χ2v) is 10.5. The molecule has 3 aromatic carbocycles. The number of methoxy groups -OCH3 is 1. The van der Waals surface area contributed by atoms with Crippen molar-refractivity contribution in [1.29, 1.82) is 0 Å². The summed E-state index contributed by atoms with van der Waals surface area (Å²) in [4.78, 5) is 17.5. The lowest BCUT2D eigenvalue weighted by molar-refractivity contribution is 0.415. The van der Waals surface area contributed by atoms with Crippen molar-refractivity contribution < 1.29 is 13.2 Å². The fourth-order valence-corrected chi connectivity index (χ4v) is 4.78. The minimum absolute atomic E-state index is 0.177. The summed E-state index contributed by atoms with van der Waals surface area (Å²) in [5, 5.41) is 0.506. The minimum atomic E-state index is -3.37. The van der Waals surface area contributed by atoms with Gasteiger partial charge in [-0.15, -0.1) is 0 Å². The number of nitrogens with zero attached hydrogens (tertiary/aromatic N) is 2. The molecular formula is C27H23ClN2O4S. The lowest BCUT2D eigenvalue weighted by atomic mass is 9.97. The van der Waals surface area contributed by atoms with Gasteiger partial charge in [0.15, 0.2) is 9.84 Å². The molecule has 0 atom stereocenters. The zero-order chi connectivity index (χ0) is 25.3. The molecule has 0 N–H and O–H groups in total. The van der Waals surface area contributed by atoms with Gasteiger partial charge in [0.05, 0.1) is 28.4 Å². The number of aliphatic imine (C=N–C) groups is 1. The normalized spacial score (nSPS) is 11.3. The van der Waals surface area contributed by atoms with E-state index < -0.39 is 9.84 Å². The van der Waals surface area contributed by atoms with E-state index in [2.05, 4.69) is 11.7 Å². The van der Waals surface area contributed by atoms with Crippen LogP contribution in [0.3, 0.4) is 0 Å². The van der Waals surface area contributed by atoms with Crippen molar-refractivity contribution in [3.05, 3.63) is 93.7 Å². The molecule has 0 radical (unpaired) electrons. The summed E-state index contributed by atoms with van der Waals surface area (Å²) >= 11 is 6.20. The van der Waals surface area contributed by atoms with Gasteiger partial charge >= 0.3 is 0 Å². The van der Waals surface area contributed by atoms with E-state index in [1.54, 1.807) is 35.9 Å². The molecule has 0 amide bonds. The summed E-state index contributed by atoms with van der Waals surface area (Å²) in [5.41, 5.74) is 4.81. The third-order valence-electron chi connectivity index (χ3n) is 5.72. The molecule has 35 heavy (non-hydrogen) atoms. The van der Waals surface area contributed by atoms with Gasteiger partial charge in [-0.1, -0.05) is 29.8 Å². The third-order valence-corrected chi connectivity index (χ3v) is 7.16. The lowest BCUT2D eigenvalue weighted by Crippen LogP contribution is -2.20. The number of aromatic nitrogens is 1. The molecule has 1 aromatic heterocycles. The molecule has 0 fully saturated rings. The van der Waals surface area contributed by atoms with Crippen LogP contribution in [0, 0.1) is 6.92 Å². The van der Waals surface area contributed by atoms with E-state index >= 15 is 0 Å². The first-order valence-electron chi connectivity index (χ1n) is 10.6. The van der Waals surface area contributed by atoms with Gasteiger partial charge in [-0.2, -0.15) is 0 Å². The predicted molar refractivity (Wildman–Crippen MR) is 142 cm³/mol. The molecule has 0 aliphatic rings. The Morgan fingerprint density at radius 1 is 0.943 bits per heavy atom. The first-order valence-corrected chi connectivity index (χ1v) is 12.9. The standard InChI is InChI=1S/C27H23ClN2O4S/c1-17-5-14-26(31)30(20-8-10-21(11-9-20)35(4,32)33)27(17)22-15-18(7-13-24(22)29-2)19-6-12-23(28)25(16-19)34-3/h5-16H,2H2,1,3-4H3. The first-order chi connectivity index (χ1) is 16.6. The van der Waals surface area contributed by atoms with E-state index in [4.69, 9.17) is 16.3 Å². The average Bonchev–Trinajstić information content (AvgIpc) is 2.84. The Bertz CT molecular complexity index is 1610. The number of aryl methyl sites for hydroxylation is 1. The van der Waals surface area contributed by atoms with Crippen LogP contribution >= 0.6 is 11.6 Å². The molecule has 1 heterocycles. The number of sulfone groups is 1. The Kier molecular flexibility index (Phi) is 6.65. The number of hydrogen-bond donors (Lipinski definition) is 0. The van der Waals surface area contributed by atoms with Gasteiger partial charge in [-0.25, -0.2) is 8.42 Å². The molecule has 0 saturated heterocycles. The van der Waals surface area contributed by atoms with Crippen LogP contribution in [-0.4, -0.2) is 33.1 Å². The zero-order valence-corrected chi connectivity index (χ0v) is 21.0. The maximum atomic E-state index is 13.1. The van der Waals surface area contributed by atoms with Crippen molar-refractivity contribution in [2.45, 2.75) is 11.8 Å². The maximum Gasteiger partial charge on any atom is 0.255 e. The summed E-state index contributed by atoms with van der Waals surface area (Å²) in [6.45, 7) is 5.61. The Morgan fingerprint density at radius 3 is 2.23 bits per heavy atom. The van der Waals surface area contributed by atoms with E-state index in [9.17, 15) is 13.2 Å². The van der Waals surface area contributed by atoms with Gasteiger partial charge in [0.2, 0.25) is 0 Å². The average molecular weight is 507 g/mol. The van der Waals surface area contributed by atoms with Crippen LogP contribution in [-0.2, 0) is 9.84 Å². The Balaban J connectivity index is 1.97. The number of pyridine rings is 1. The third kappa shape index (κ3) is 4.78. The van der Waals surface area contributed by atoms with Crippen molar-refractivity contribution in [3.8, 4) is 33.8 Å². The number of halogens is 1. The highest BCUT2D eigenvalue weighted by atomic mass is 35.5. The predicted octanol–water partition coefficient (Wildman–Crippen LogP) is 5.88. The molecule has 0 bridgehead atoms. The van der Waals surface area contributed by atoms with Crippen LogP contribution in [0.4, 0.5) is 5.69 Å². The number of rotatable bonds is 6. The van der Waals surface area contributed by atoms with Crippen LogP contribution in [0.15, 0.2) is 87.5 Å². The Hall–Kier alpha value is -3.68. The highest BCUT2D eigenvalue weighted by Gasteiger charge is 2.17. The van der Waals surface area contributed by atoms with Crippen LogP contribution in [0.25, 0.3) is 28.1 Å². The molecule has 0 saturated carbocycles. The topological polar surface area (TPSA) is 77.7 Å². The smallest absolute Gasteiger partial charge is 0.255 e. The largest absolute Gasteiger partial charge is 0.495 e. The molecule has 0 spiro atoms. The van der Waals surface area contributed by atoms with Crippen molar-refractivity contribution in [1.82, 2.24) is 4.57 Å². The van der Waals surface area contributed by atoms with Crippen LogP contribution in [0.2, 0.25) is 5.02 Å². The molecular weight excluding hydrogens is 484 g/mol. The van der Waals surface area contributed by atoms with Crippen LogP contribution in [0.5, 0.6) is 5.75 Å². The second kappa shape index (κ2) is 9.52. The van der Waals surface area contributed by atoms with Gasteiger partial charge < -0.3 is 4.74 Å². The molecule has 178 valence electrons. The lowest BCUT2D eigenvalue weighted by Gasteiger charge is -2.18. The summed E-state index contributed by atoms with van der Waals surface area (Å²) in [7, 11) is -1.81. The van der Waals surface area contributed by atoms with Crippen molar-refractivity contribution in [3.63, 3.8) is 0 Å². The highest BCUT2D eigenvalue weighted by Crippen LogP contribution is 2.38. The van der Waals surface area contributed by atoms with E-state index in [1.807, 2.05) is 37.3 Å². The van der Waals surface area contributed by atoms with Gasteiger partial charge in [0.1, 0.15) is 5.75 Å². The number of ether oxygens (including phenoxy) is 1. The zero-order valence-electron chi connectivity index (χ0n) is 19.4. The van der Waals surface area contributed by atoms with Crippen molar-refractivity contribution >= 4 is 33.8 Å². The first kappa shape index (κ1) is 24.4. The van der Waals surface area contributed by atoms with E-state index in [-0.39, 0.29) is 10.5 Å². The molecule has 0 unspecified atom stereocenters. The molecule has 0 aliphatic carbocycles. The summed E-state index contributed by atoms with van der Waals surface area (Å²) in [5.74, 6) is 0.551. The van der Waals surface area contributed by atoms with Crippen molar-refractivity contribution in [2.24, 2.45) is 4.99 Å². The quantitative estimate of drug-likeness (QED) is 0.306. The molecule has 6 nitrogen and oxygen atoms in total. The molecule has 4 rings (SSSR count). The van der Waals surface area contributed by atoms with Gasteiger partial charge in [-0.3, -0.25) is 14.4 Å². The SMILES string of the molecule is C=Nc1ccc(-c2ccc(Cl)c(OC)c2)cc1-c1c(C)ccc(=O)n1-c1ccc(S(C)(=O)=O)cc1. The Labute approximate surface area is 209 Å². The molecule has 0 aliphatic heterocycles. The Morgan fingerprint density at radius 2 is 1.60 bits per heavy atom.